The number of nitrogens with zero attached hydrogens (tertiary/aromatic N) is 3. The minimum absolute atomic E-state index is 0.0116. The molecule has 5 nitrogen and oxygen atoms in total. The number of pyridine rings is 1. The summed E-state index contributed by atoms with van der Waals surface area (Å²) < 4.78 is 1.80. The molecule has 22 heavy (non-hydrogen) atoms. The van der Waals surface area contributed by atoms with E-state index >= 15 is 0 Å². The second-order valence-corrected chi connectivity index (χ2v) is 5.33. The molecule has 0 radical (unpaired) electrons. The second-order valence-electron chi connectivity index (χ2n) is 4.92. The van der Waals surface area contributed by atoms with Crippen LogP contribution in [0.4, 0.5) is 0 Å². The SMILES string of the molecule is O=C(CCn1ncc2c(Cl)cccc21)NCc1ccncc1. The fourth-order valence-electron chi connectivity index (χ4n) is 2.24. The number of hydrogen-bond donors (Lipinski definition) is 1. The number of amides is 1. The molecule has 1 aromatic carbocycles. The van der Waals surface area contributed by atoms with Gasteiger partial charge < -0.3 is 5.32 Å². The second kappa shape index (κ2) is 6.58. The first-order valence-corrected chi connectivity index (χ1v) is 7.37. The number of carbonyl (C=O) groups is 1. The van der Waals surface area contributed by atoms with Crippen molar-refractivity contribution in [3.8, 4) is 0 Å². The molecule has 0 fully saturated rings. The van der Waals surface area contributed by atoms with Crippen LogP contribution in [0.5, 0.6) is 0 Å². The number of hydrogen-bond acceptors (Lipinski definition) is 3. The van der Waals surface area contributed by atoms with E-state index in [9.17, 15) is 4.79 Å². The summed E-state index contributed by atoms with van der Waals surface area (Å²) in [6.07, 6.45) is 5.52. The minimum Gasteiger partial charge on any atom is -0.352 e. The monoisotopic (exact) mass is 314 g/mol. The lowest BCUT2D eigenvalue weighted by atomic mass is 10.2. The Labute approximate surface area is 132 Å². The van der Waals surface area contributed by atoms with E-state index in [4.69, 9.17) is 11.6 Å². The molecule has 0 bridgehead atoms. The summed E-state index contributed by atoms with van der Waals surface area (Å²) in [6, 6.07) is 9.42. The molecular formula is C16H15ClN4O. The van der Waals surface area contributed by atoms with Crippen LogP contribution in [0.15, 0.2) is 48.9 Å². The van der Waals surface area contributed by atoms with E-state index in [1.165, 1.54) is 0 Å². The van der Waals surface area contributed by atoms with Crippen LogP contribution >= 0.6 is 11.6 Å². The zero-order valence-corrected chi connectivity index (χ0v) is 12.6. The van der Waals surface area contributed by atoms with Crippen molar-refractivity contribution in [1.82, 2.24) is 20.1 Å². The Kier molecular flexibility index (Phi) is 4.34. The van der Waals surface area contributed by atoms with Gasteiger partial charge in [0.2, 0.25) is 5.91 Å². The molecule has 3 aromatic rings. The van der Waals surface area contributed by atoms with Gasteiger partial charge in [0.05, 0.1) is 23.3 Å². The van der Waals surface area contributed by atoms with Crippen LogP contribution in [0.1, 0.15) is 12.0 Å². The number of aromatic nitrogens is 3. The predicted octanol–water partition coefficient (Wildman–Crippen LogP) is 2.79. The van der Waals surface area contributed by atoms with Gasteiger partial charge >= 0.3 is 0 Å². The largest absolute Gasteiger partial charge is 0.352 e. The van der Waals surface area contributed by atoms with Crippen molar-refractivity contribution < 1.29 is 4.79 Å². The normalized spacial score (nSPS) is 10.8. The highest BCUT2D eigenvalue weighted by atomic mass is 35.5. The molecule has 0 saturated carbocycles. The van der Waals surface area contributed by atoms with Crippen LogP contribution in [-0.2, 0) is 17.9 Å². The zero-order chi connectivity index (χ0) is 15.4. The molecule has 0 aliphatic heterocycles. The van der Waals surface area contributed by atoms with Crippen molar-refractivity contribution >= 4 is 28.4 Å². The maximum absolute atomic E-state index is 11.9. The standard InChI is InChI=1S/C16H15ClN4O/c17-14-2-1-3-15-13(14)11-20-21(15)9-6-16(22)19-10-12-4-7-18-8-5-12/h1-5,7-8,11H,6,9-10H2,(H,19,22). The minimum atomic E-state index is -0.0116. The molecule has 0 aliphatic carbocycles. The highest BCUT2D eigenvalue weighted by molar-refractivity contribution is 6.35. The van der Waals surface area contributed by atoms with Gasteiger partial charge in [-0.05, 0) is 29.8 Å². The van der Waals surface area contributed by atoms with Crippen molar-refractivity contribution in [3.63, 3.8) is 0 Å². The maximum atomic E-state index is 11.9. The average molecular weight is 315 g/mol. The molecule has 2 aromatic heterocycles. The Morgan fingerprint density at radius 3 is 2.86 bits per heavy atom. The van der Waals surface area contributed by atoms with Crippen molar-refractivity contribution in [1.29, 1.82) is 0 Å². The molecular weight excluding hydrogens is 300 g/mol. The van der Waals surface area contributed by atoms with E-state index < -0.39 is 0 Å². The number of nitrogens with one attached hydrogen (secondary N) is 1. The van der Waals surface area contributed by atoms with E-state index in [0.717, 1.165) is 16.5 Å². The topological polar surface area (TPSA) is 59.8 Å². The maximum Gasteiger partial charge on any atom is 0.222 e. The predicted molar refractivity (Wildman–Crippen MR) is 85.4 cm³/mol. The van der Waals surface area contributed by atoms with Gasteiger partial charge in [0.25, 0.3) is 0 Å². The van der Waals surface area contributed by atoms with Crippen molar-refractivity contribution in [2.24, 2.45) is 0 Å². The molecule has 0 atom stereocenters. The van der Waals surface area contributed by atoms with E-state index in [1.54, 1.807) is 23.3 Å². The molecule has 2 heterocycles. The van der Waals surface area contributed by atoms with Gasteiger partial charge in [-0.25, -0.2) is 0 Å². The summed E-state index contributed by atoms with van der Waals surface area (Å²) >= 11 is 6.11. The summed E-state index contributed by atoms with van der Waals surface area (Å²) in [4.78, 5) is 15.9. The third-order valence-corrected chi connectivity index (χ3v) is 3.75. The van der Waals surface area contributed by atoms with E-state index in [1.807, 2.05) is 30.3 Å². The molecule has 6 heteroatoms. The van der Waals surface area contributed by atoms with Crippen LogP contribution < -0.4 is 5.32 Å². The van der Waals surface area contributed by atoms with Gasteiger partial charge in [-0.2, -0.15) is 5.10 Å². The van der Waals surface area contributed by atoms with Crippen molar-refractivity contribution in [2.75, 3.05) is 0 Å². The van der Waals surface area contributed by atoms with E-state index in [0.29, 0.717) is 24.5 Å². The first-order valence-electron chi connectivity index (χ1n) is 6.99. The Morgan fingerprint density at radius 2 is 2.05 bits per heavy atom. The average Bonchev–Trinajstić information content (AvgIpc) is 2.96. The number of fused-ring (bicyclic) bond motifs is 1. The summed E-state index contributed by atoms with van der Waals surface area (Å²) in [5.74, 6) is -0.0116. The third kappa shape index (κ3) is 3.26. The summed E-state index contributed by atoms with van der Waals surface area (Å²) in [6.45, 7) is 1.03. The van der Waals surface area contributed by atoms with Crippen molar-refractivity contribution in [2.45, 2.75) is 19.5 Å². The number of benzene rings is 1. The third-order valence-electron chi connectivity index (χ3n) is 3.42. The van der Waals surface area contributed by atoms with Crippen LogP contribution in [0, 0.1) is 0 Å². The quantitative estimate of drug-likeness (QED) is 0.787. The number of carbonyl (C=O) groups excluding carboxylic acids is 1. The van der Waals surface area contributed by atoms with Crippen LogP contribution in [0.3, 0.4) is 0 Å². The van der Waals surface area contributed by atoms with Crippen molar-refractivity contribution in [3.05, 3.63) is 59.5 Å². The Balaban J connectivity index is 1.57. The smallest absolute Gasteiger partial charge is 0.222 e. The van der Waals surface area contributed by atoms with Gasteiger partial charge in [0, 0.05) is 30.7 Å². The van der Waals surface area contributed by atoms with Gasteiger partial charge in [-0.3, -0.25) is 14.5 Å². The molecule has 1 N–H and O–H groups in total. The fraction of sp³-hybridized carbons (Fsp3) is 0.188. The Bertz CT molecular complexity index is 785. The van der Waals surface area contributed by atoms with Crippen LogP contribution in [0.2, 0.25) is 5.02 Å². The van der Waals surface area contributed by atoms with Gasteiger partial charge in [-0.1, -0.05) is 17.7 Å². The molecule has 0 aliphatic rings. The van der Waals surface area contributed by atoms with E-state index in [-0.39, 0.29) is 5.91 Å². The molecule has 0 spiro atoms. The van der Waals surface area contributed by atoms with Crippen LogP contribution in [0.25, 0.3) is 10.9 Å². The number of aryl methyl sites for hydroxylation is 1. The molecule has 3 rings (SSSR count). The Morgan fingerprint density at radius 1 is 1.23 bits per heavy atom. The molecule has 112 valence electrons. The lowest BCUT2D eigenvalue weighted by molar-refractivity contribution is -0.121. The lowest BCUT2D eigenvalue weighted by Gasteiger charge is -2.06. The van der Waals surface area contributed by atoms with E-state index in [2.05, 4.69) is 15.4 Å². The van der Waals surface area contributed by atoms with Gasteiger partial charge in [0.1, 0.15) is 0 Å². The van der Waals surface area contributed by atoms with Gasteiger partial charge in [-0.15, -0.1) is 0 Å². The summed E-state index contributed by atoms with van der Waals surface area (Å²) in [5, 5.41) is 8.75. The zero-order valence-electron chi connectivity index (χ0n) is 11.9. The number of halogens is 1. The number of rotatable bonds is 5. The highest BCUT2D eigenvalue weighted by Gasteiger charge is 2.07. The first-order chi connectivity index (χ1) is 10.7. The molecule has 1 amide bonds. The Hall–Kier alpha value is -2.40. The first kappa shape index (κ1) is 14.5. The summed E-state index contributed by atoms with van der Waals surface area (Å²) in [7, 11) is 0. The van der Waals surface area contributed by atoms with Crippen LogP contribution in [-0.4, -0.2) is 20.7 Å². The fourth-order valence-corrected chi connectivity index (χ4v) is 2.46. The summed E-state index contributed by atoms with van der Waals surface area (Å²) in [5.41, 5.74) is 1.97. The molecule has 0 saturated heterocycles. The van der Waals surface area contributed by atoms with Gasteiger partial charge in [0.15, 0.2) is 0 Å². The molecule has 0 unspecified atom stereocenters. The highest BCUT2D eigenvalue weighted by Crippen LogP contribution is 2.22. The lowest BCUT2D eigenvalue weighted by Crippen LogP contribution is -2.24.